The zero-order chi connectivity index (χ0) is 20.5. The fourth-order valence-corrected chi connectivity index (χ4v) is 5.96. The van der Waals surface area contributed by atoms with Crippen molar-refractivity contribution in [3.63, 3.8) is 0 Å². The van der Waals surface area contributed by atoms with Crippen LogP contribution in [0.1, 0.15) is 51.0 Å². The highest BCUT2D eigenvalue weighted by atomic mass is 16.2. The molecule has 5 heteroatoms. The van der Waals surface area contributed by atoms with Crippen LogP contribution in [0, 0.1) is 5.92 Å². The van der Waals surface area contributed by atoms with Crippen molar-refractivity contribution in [1.29, 1.82) is 0 Å². The average Bonchev–Trinajstić information content (AvgIpc) is 3.12. The van der Waals surface area contributed by atoms with E-state index in [0.29, 0.717) is 0 Å². The average molecular weight is 399 g/mol. The Labute approximate surface area is 176 Å². The van der Waals surface area contributed by atoms with Gasteiger partial charge in [-0.3, -0.25) is 19.9 Å². The van der Waals surface area contributed by atoms with Crippen LogP contribution < -0.4 is 5.32 Å². The lowest BCUT2D eigenvalue weighted by atomic mass is 9.69. The Morgan fingerprint density at radius 3 is 2.34 bits per heavy atom. The van der Waals surface area contributed by atoms with Gasteiger partial charge in [-0.15, -0.1) is 0 Å². The molecule has 4 rings (SSSR count). The van der Waals surface area contributed by atoms with E-state index in [0.717, 1.165) is 38.5 Å². The molecule has 5 nitrogen and oxygen atoms in total. The molecule has 3 aliphatic rings. The number of piperidine rings is 1. The molecule has 0 aromatic heterocycles. The minimum absolute atomic E-state index is 0.168. The number of carbonyl (C=O) groups excluding carboxylic acids is 1. The molecule has 3 fully saturated rings. The van der Waals surface area contributed by atoms with Gasteiger partial charge < -0.3 is 4.90 Å². The van der Waals surface area contributed by atoms with Gasteiger partial charge in [0.25, 0.3) is 0 Å². The molecule has 0 unspecified atom stereocenters. The molecule has 160 valence electrons. The van der Waals surface area contributed by atoms with Gasteiger partial charge in [0.05, 0.1) is 0 Å². The van der Waals surface area contributed by atoms with Crippen LogP contribution in [0.4, 0.5) is 0 Å². The highest BCUT2D eigenvalue weighted by Crippen LogP contribution is 2.45. The topological polar surface area (TPSA) is 38.8 Å². The molecular weight excluding hydrogens is 360 g/mol. The largest absolute Gasteiger partial charge is 0.343 e. The Bertz CT molecular complexity index is 688. The monoisotopic (exact) mass is 398 g/mol. The standard InChI is InChI=1S/C24H38N4O/c1-20(29)28-15-9-21(10-16-28)17-27-18-23(25-19-27)11-13-24(14-12-23,26(2)3)22-7-5-4-6-8-22/h4-8,21,25H,9-19H2,1-3H3/t23-,24-. The van der Waals surface area contributed by atoms with Gasteiger partial charge in [0.1, 0.15) is 0 Å². The first-order chi connectivity index (χ1) is 13.9. The maximum atomic E-state index is 11.6. The van der Waals surface area contributed by atoms with E-state index in [4.69, 9.17) is 0 Å². The summed E-state index contributed by atoms with van der Waals surface area (Å²) in [6, 6.07) is 11.1. The summed E-state index contributed by atoms with van der Waals surface area (Å²) < 4.78 is 0. The molecule has 0 radical (unpaired) electrons. The maximum absolute atomic E-state index is 11.6. The first-order valence-corrected chi connectivity index (χ1v) is 11.4. The number of rotatable bonds is 4. The van der Waals surface area contributed by atoms with Crippen molar-refractivity contribution >= 4 is 5.91 Å². The van der Waals surface area contributed by atoms with Crippen molar-refractivity contribution < 1.29 is 4.79 Å². The van der Waals surface area contributed by atoms with E-state index in [2.05, 4.69) is 59.5 Å². The predicted molar refractivity (Wildman–Crippen MR) is 118 cm³/mol. The molecule has 2 aliphatic heterocycles. The molecule has 1 aromatic carbocycles. The lowest BCUT2D eigenvalue weighted by Gasteiger charge is -2.49. The van der Waals surface area contributed by atoms with E-state index in [1.807, 2.05) is 4.90 Å². The number of nitrogens with zero attached hydrogens (tertiary/aromatic N) is 3. The van der Waals surface area contributed by atoms with Gasteiger partial charge in [-0.05, 0) is 64.1 Å². The third kappa shape index (κ3) is 4.23. The van der Waals surface area contributed by atoms with Crippen molar-refractivity contribution in [1.82, 2.24) is 20.0 Å². The second kappa shape index (κ2) is 8.37. The molecule has 1 N–H and O–H groups in total. The number of hydrogen-bond acceptors (Lipinski definition) is 4. The summed E-state index contributed by atoms with van der Waals surface area (Å²) in [6.07, 6.45) is 7.20. The molecule has 1 saturated carbocycles. The summed E-state index contributed by atoms with van der Waals surface area (Å²) in [5, 5.41) is 3.91. The van der Waals surface area contributed by atoms with Crippen LogP contribution >= 0.6 is 0 Å². The summed E-state index contributed by atoms with van der Waals surface area (Å²) in [4.78, 5) is 18.7. The molecule has 1 spiro atoms. The van der Waals surface area contributed by atoms with Gasteiger partial charge in [0, 0.05) is 50.8 Å². The second-order valence-electron chi connectivity index (χ2n) is 9.87. The van der Waals surface area contributed by atoms with Crippen molar-refractivity contribution in [2.45, 2.75) is 56.5 Å². The zero-order valence-corrected chi connectivity index (χ0v) is 18.5. The Morgan fingerprint density at radius 1 is 1.10 bits per heavy atom. The minimum Gasteiger partial charge on any atom is -0.343 e. The Morgan fingerprint density at radius 2 is 1.76 bits per heavy atom. The van der Waals surface area contributed by atoms with Crippen LogP contribution in [0.15, 0.2) is 30.3 Å². The lowest BCUT2D eigenvalue weighted by Crippen LogP contribution is -2.53. The number of hydrogen-bond donors (Lipinski definition) is 1. The molecular formula is C24H38N4O. The molecule has 1 amide bonds. The number of carbonyl (C=O) groups is 1. The van der Waals surface area contributed by atoms with Gasteiger partial charge in [0.2, 0.25) is 5.91 Å². The molecule has 1 aliphatic carbocycles. The smallest absolute Gasteiger partial charge is 0.219 e. The summed E-state index contributed by atoms with van der Waals surface area (Å²) in [5.74, 6) is 0.964. The summed E-state index contributed by atoms with van der Waals surface area (Å²) in [6.45, 7) is 6.95. The van der Waals surface area contributed by atoms with Gasteiger partial charge in [0.15, 0.2) is 0 Å². The van der Waals surface area contributed by atoms with Crippen molar-refractivity contribution in [3.05, 3.63) is 35.9 Å². The van der Waals surface area contributed by atoms with Crippen LogP contribution in [-0.2, 0) is 10.3 Å². The van der Waals surface area contributed by atoms with E-state index >= 15 is 0 Å². The summed E-state index contributed by atoms with van der Waals surface area (Å²) in [7, 11) is 4.49. The van der Waals surface area contributed by atoms with Crippen molar-refractivity contribution in [2.75, 3.05) is 46.9 Å². The quantitative estimate of drug-likeness (QED) is 0.847. The van der Waals surface area contributed by atoms with Crippen LogP contribution in [0.2, 0.25) is 0 Å². The molecule has 2 heterocycles. The van der Waals surface area contributed by atoms with Crippen molar-refractivity contribution in [3.8, 4) is 0 Å². The highest BCUT2D eigenvalue weighted by molar-refractivity contribution is 5.73. The summed E-state index contributed by atoms with van der Waals surface area (Å²) in [5.41, 5.74) is 1.92. The number of amides is 1. The highest BCUT2D eigenvalue weighted by Gasteiger charge is 2.47. The predicted octanol–water partition coefficient (Wildman–Crippen LogP) is 2.88. The normalized spacial score (nSPS) is 31.7. The molecule has 2 saturated heterocycles. The van der Waals surface area contributed by atoms with Gasteiger partial charge in [-0.25, -0.2) is 0 Å². The van der Waals surface area contributed by atoms with E-state index < -0.39 is 0 Å². The molecule has 0 atom stereocenters. The minimum atomic E-state index is 0.168. The van der Waals surface area contributed by atoms with Crippen LogP contribution in [0.5, 0.6) is 0 Å². The van der Waals surface area contributed by atoms with Gasteiger partial charge in [-0.2, -0.15) is 0 Å². The number of nitrogens with one attached hydrogen (secondary N) is 1. The Kier molecular flexibility index (Phi) is 6.01. The van der Waals surface area contributed by atoms with E-state index in [1.165, 1.54) is 44.3 Å². The lowest BCUT2D eigenvalue weighted by molar-refractivity contribution is -0.130. The first kappa shape index (κ1) is 20.8. The SMILES string of the molecule is CC(=O)N1CCC(CN2CN[C@]3(CC[C@](c4ccccc4)(N(C)C)CC3)C2)CC1. The maximum Gasteiger partial charge on any atom is 0.219 e. The fraction of sp³-hybridized carbons (Fsp3) is 0.708. The van der Waals surface area contributed by atoms with E-state index in [9.17, 15) is 4.79 Å². The molecule has 1 aromatic rings. The third-order valence-corrected chi connectivity index (χ3v) is 7.98. The number of likely N-dealkylation sites (tertiary alicyclic amines) is 1. The zero-order valence-electron chi connectivity index (χ0n) is 18.5. The summed E-state index contributed by atoms with van der Waals surface area (Å²) >= 11 is 0. The third-order valence-electron chi connectivity index (χ3n) is 7.98. The van der Waals surface area contributed by atoms with Crippen LogP contribution in [-0.4, -0.2) is 73.1 Å². The van der Waals surface area contributed by atoms with Crippen LogP contribution in [0.25, 0.3) is 0 Å². The Balaban J connectivity index is 1.33. The molecule has 29 heavy (non-hydrogen) atoms. The van der Waals surface area contributed by atoms with E-state index in [1.54, 1.807) is 6.92 Å². The van der Waals surface area contributed by atoms with E-state index in [-0.39, 0.29) is 17.0 Å². The number of benzene rings is 1. The van der Waals surface area contributed by atoms with Crippen LogP contribution in [0.3, 0.4) is 0 Å². The van der Waals surface area contributed by atoms with Gasteiger partial charge >= 0.3 is 0 Å². The van der Waals surface area contributed by atoms with Gasteiger partial charge in [-0.1, -0.05) is 30.3 Å². The molecule has 0 bridgehead atoms. The fourth-order valence-electron chi connectivity index (χ4n) is 5.96. The second-order valence-corrected chi connectivity index (χ2v) is 9.87. The Hall–Kier alpha value is -1.43. The first-order valence-electron chi connectivity index (χ1n) is 11.4. The van der Waals surface area contributed by atoms with Crippen molar-refractivity contribution in [2.24, 2.45) is 5.92 Å².